The molecule has 1 saturated heterocycles. The van der Waals surface area contributed by atoms with Gasteiger partial charge in [0.05, 0.1) is 17.6 Å². The number of β-lactam (4-membered cyclic amide) rings is 1. The van der Waals surface area contributed by atoms with E-state index >= 15 is 0 Å². The van der Waals surface area contributed by atoms with Gasteiger partial charge >= 0.3 is 39.9 Å². The van der Waals surface area contributed by atoms with Crippen LogP contribution in [0.5, 0.6) is 0 Å². The van der Waals surface area contributed by atoms with Crippen LogP contribution in [-0.2, 0) is 15.1 Å². The molecule has 1 heterocycles. The molecule has 1 amide bonds. The molecule has 17 heavy (non-hydrogen) atoms. The zero-order valence-electron chi connectivity index (χ0n) is 8.08. The second-order valence-electron chi connectivity index (χ2n) is 3.13. The van der Waals surface area contributed by atoms with E-state index in [2.05, 4.69) is 5.32 Å². The summed E-state index contributed by atoms with van der Waals surface area (Å²) in [5.74, 6) is -0.748. The summed E-state index contributed by atoms with van der Waals surface area (Å²) in [4.78, 5) is 11.5. The maximum atomic E-state index is 11.2. The average molecular weight is 287 g/mol. The van der Waals surface area contributed by atoms with Crippen LogP contribution in [0.3, 0.4) is 0 Å². The van der Waals surface area contributed by atoms with Crippen LogP contribution in [0.1, 0.15) is 12.8 Å². The first-order valence-corrected chi connectivity index (χ1v) is 6.12. The molecule has 0 aliphatic carbocycles. The Labute approximate surface area is 126 Å². The van der Waals surface area contributed by atoms with E-state index in [1.54, 1.807) is 0 Å². The molecular weight excluding hydrogens is 277 g/mol. The third kappa shape index (κ3) is 4.50. The van der Waals surface area contributed by atoms with Gasteiger partial charge in [-0.25, -0.2) is 4.31 Å². The van der Waals surface area contributed by atoms with Gasteiger partial charge in [0, 0.05) is 12.8 Å². The SMILES string of the molecule is N#CCCC(=S)NC1CN(S(=O)(=O)O)C1=O.[NaH]. The molecule has 0 radical (unpaired) electrons. The number of carbonyl (C=O) groups is 1. The van der Waals surface area contributed by atoms with Crippen LogP contribution in [0, 0.1) is 11.3 Å². The molecule has 1 unspecified atom stereocenters. The van der Waals surface area contributed by atoms with Crippen molar-refractivity contribution in [2.24, 2.45) is 0 Å². The van der Waals surface area contributed by atoms with Gasteiger partial charge in [-0.15, -0.1) is 0 Å². The Morgan fingerprint density at radius 2 is 2.29 bits per heavy atom. The zero-order valence-corrected chi connectivity index (χ0v) is 9.71. The van der Waals surface area contributed by atoms with Gasteiger partial charge in [0.1, 0.15) is 6.04 Å². The van der Waals surface area contributed by atoms with Crippen molar-refractivity contribution in [3.63, 3.8) is 0 Å². The Morgan fingerprint density at radius 1 is 1.71 bits per heavy atom. The van der Waals surface area contributed by atoms with Crippen molar-refractivity contribution in [2.45, 2.75) is 18.9 Å². The fraction of sp³-hybridized carbons (Fsp3) is 0.571. The van der Waals surface area contributed by atoms with Gasteiger partial charge in [0.25, 0.3) is 5.91 Å². The molecule has 1 aliphatic rings. The van der Waals surface area contributed by atoms with Crippen molar-refractivity contribution in [3.05, 3.63) is 0 Å². The molecule has 0 bridgehead atoms. The zero-order chi connectivity index (χ0) is 12.3. The molecule has 0 aromatic rings. The van der Waals surface area contributed by atoms with E-state index in [4.69, 9.17) is 22.0 Å². The number of nitrogens with zero attached hydrogens (tertiary/aromatic N) is 2. The van der Waals surface area contributed by atoms with Crippen LogP contribution in [0.2, 0.25) is 0 Å². The van der Waals surface area contributed by atoms with Crippen LogP contribution < -0.4 is 5.32 Å². The van der Waals surface area contributed by atoms with Gasteiger partial charge in [0.15, 0.2) is 0 Å². The number of nitrogens with one attached hydrogen (secondary N) is 1. The minimum absolute atomic E-state index is 0. The second kappa shape index (κ2) is 6.63. The molecule has 0 saturated carbocycles. The van der Waals surface area contributed by atoms with Crippen LogP contribution in [0.25, 0.3) is 0 Å². The summed E-state index contributed by atoms with van der Waals surface area (Å²) < 4.78 is 30.1. The van der Waals surface area contributed by atoms with E-state index < -0.39 is 22.3 Å². The Bertz CT molecular complexity index is 458. The van der Waals surface area contributed by atoms with E-state index in [0.29, 0.717) is 15.7 Å². The summed E-state index contributed by atoms with van der Waals surface area (Å²) in [7, 11) is -4.45. The summed E-state index contributed by atoms with van der Waals surface area (Å²) in [5.41, 5.74) is 0. The van der Waals surface area contributed by atoms with Crippen LogP contribution >= 0.6 is 12.2 Å². The van der Waals surface area contributed by atoms with Gasteiger partial charge in [-0.05, 0) is 0 Å². The number of rotatable bonds is 4. The molecule has 2 N–H and O–H groups in total. The predicted octanol–water partition coefficient (Wildman–Crippen LogP) is -1.43. The van der Waals surface area contributed by atoms with E-state index in [0.717, 1.165) is 0 Å². The maximum absolute atomic E-state index is 11.2. The number of amides is 1. The van der Waals surface area contributed by atoms with E-state index in [1.807, 2.05) is 6.07 Å². The first-order valence-electron chi connectivity index (χ1n) is 4.31. The molecular formula is C7H10N3NaO4S2. The Morgan fingerprint density at radius 3 is 2.71 bits per heavy atom. The summed E-state index contributed by atoms with van der Waals surface area (Å²) in [5, 5.41) is 10.9. The van der Waals surface area contributed by atoms with Crippen molar-refractivity contribution < 1.29 is 17.8 Å². The summed E-state index contributed by atoms with van der Waals surface area (Å²) in [6, 6.07) is 1.16. The van der Waals surface area contributed by atoms with Gasteiger partial charge in [0.2, 0.25) is 0 Å². The third-order valence-corrected chi connectivity index (χ3v) is 3.18. The molecule has 0 spiro atoms. The van der Waals surface area contributed by atoms with Gasteiger partial charge < -0.3 is 5.32 Å². The van der Waals surface area contributed by atoms with Crippen molar-refractivity contribution in [1.29, 1.82) is 5.26 Å². The average Bonchev–Trinajstić information content (AvgIpc) is 2.18. The van der Waals surface area contributed by atoms with Gasteiger partial charge in [-0.2, -0.15) is 13.7 Å². The number of hydrogen-bond donors (Lipinski definition) is 2. The summed E-state index contributed by atoms with van der Waals surface area (Å²) in [6.45, 7) is -0.148. The van der Waals surface area contributed by atoms with Crippen LogP contribution in [0.15, 0.2) is 0 Å². The molecule has 1 aliphatic heterocycles. The first-order chi connectivity index (χ1) is 7.36. The molecule has 1 fully saturated rings. The summed E-state index contributed by atoms with van der Waals surface area (Å²) >= 11 is 4.84. The van der Waals surface area contributed by atoms with E-state index in [9.17, 15) is 13.2 Å². The van der Waals surface area contributed by atoms with Crippen LogP contribution in [-0.4, -0.2) is 70.3 Å². The van der Waals surface area contributed by atoms with Crippen LogP contribution in [0.4, 0.5) is 0 Å². The molecule has 0 aromatic carbocycles. The van der Waals surface area contributed by atoms with Crippen molar-refractivity contribution in [2.75, 3.05) is 6.54 Å². The van der Waals surface area contributed by atoms with Crippen molar-refractivity contribution in [1.82, 2.24) is 9.62 Å². The fourth-order valence-corrected chi connectivity index (χ4v) is 2.08. The number of hydrogen-bond acceptors (Lipinski definition) is 5. The van der Waals surface area contributed by atoms with Gasteiger partial charge in [-0.3, -0.25) is 9.35 Å². The Balaban J connectivity index is 0.00000256. The van der Waals surface area contributed by atoms with Crippen molar-refractivity contribution >= 4 is 63.0 Å². The fourth-order valence-electron chi connectivity index (χ4n) is 1.15. The molecule has 1 atom stereocenters. The standard InChI is InChI=1S/C7H9N3O4S2.Na.H/c8-3-1-2-6(15)9-5-4-10(7(5)11)16(12,13)14;;/h5H,1-2,4H2,(H,9,15)(H,12,13,14);;. The van der Waals surface area contributed by atoms with E-state index in [1.165, 1.54) is 0 Å². The Hall–Kier alpha value is -0.240. The molecule has 1 rings (SSSR count). The quantitative estimate of drug-likeness (QED) is 0.282. The molecule has 7 nitrogen and oxygen atoms in total. The monoisotopic (exact) mass is 287 g/mol. The Kier molecular flexibility index (Phi) is 6.53. The van der Waals surface area contributed by atoms with E-state index in [-0.39, 0.29) is 42.5 Å². The topological polar surface area (TPSA) is 110 Å². The summed E-state index contributed by atoms with van der Waals surface area (Å²) in [6.07, 6.45) is 0.552. The molecule has 90 valence electrons. The normalized spacial score (nSPS) is 18.7. The van der Waals surface area contributed by atoms with Crippen molar-refractivity contribution in [3.8, 4) is 6.07 Å². The predicted molar refractivity (Wildman–Crippen MR) is 64.8 cm³/mol. The molecule has 10 heteroatoms. The number of nitriles is 1. The molecule has 0 aromatic heterocycles. The number of carbonyl (C=O) groups excluding carboxylic acids is 1. The third-order valence-electron chi connectivity index (χ3n) is 1.97. The van der Waals surface area contributed by atoms with Gasteiger partial charge in [-0.1, -0.05) is 12.2 Å². The first kappa shape index (κ1) is 16.8. The second-order valence-corrected chi connectivity index (χ2v) is 4.95. The minimum atomic E-state index is -4.45. The number of thiocarbonyl (C=S) groups is 1.